The van der Waals surface area contributed by atoms with Gasteiger partial charge in [-0.1, -0.05) is 6.07 Å². The smallest absolute Gasteiger partial charge is 0.283 e. The number of rotatable bonds is 5. The third kappa shape index (κ3) is 4.11. The van der Waals surface area contributed by atoms with E-state index in [1.807, 2.05) is 0 Å². The Morgan fingerprint density at radius 2 is 2.16 bits per heavy atom. The summed E-state index contributed by atoms with van der Waals surface area (Å²) in [5, 5.41) is 36.9. The second-order valence-electron chi connectivity index (χ2n) is 3.34. The van der Waals surface area contributed by atoms with Gasteiger partial charge in [-0.15, -0.1) is 11.8 Å². The van der Waals surface area contributed by atoms with Crippen LogP contribution in [0.15, 0.2) is 28.7 Å². The van der Waals surface area contributed by atoms with Crippen LogP contribution < -0.4 is 0 Å². The van der Waals surface area contributed by atoms with Crippen molar-refractivity contribution < 1.29 is 10.0 Å². The van der Waals surface area contributed by atoms with E-state index in [0.717, 1.165) is 0 Å². The molecule has 0 aromatic heterocycles. The summed E-state index contributed by atoms with van der Waals surface area (Å²) in [6, 6.07) is 7.80. The van der Waals surface area contributed by atoms with Gasteiger partial charge >= 0.3 is 0 Å². The number of nitro benzene ring substituents is 1. The summed E-state index contributed by atoms with van der Waals surface area (Å²) in [5.74, 6) is 0.359. The lowest BCUT2D eigenvalue weighted by Crippen LogP contribution is -1.94. The molecule has 0 fully saturated rings. The summed E-state index contributed by atoms with van der Waals surface area (Å²) in [5.41, 5.74) is 0.186. The summed E-state index contributed by atoms with van der Waals surface area (Å²) in [6.45, 7) is -0.0729. The zero-order chi connectivity index (χ0) is 14.3. The number of hydrogen-bond donors (Lipinski definition) is 1. The predicted molar refractivity (Wildman–Crippen MR) is 70.1 cm³/mol. The number of nitro groups is 1. The van der Waals surface area contributed by atoms with Gasteiger partial charge in [-0.3, -0.25) is 10.1 Å². The molecule has 0 unspecified atom stereocenters. The van der Waals surface area contributed by atoms with Crippen molar-refractivity contribution in [3.63, 3.8) is 0 Å². The Kier molecular flexibility index (Phi) is 5.55. The lowest BCUT2D eigenvalue weighted by atomic mass is 10.1. The average molecular weight is 275 g/mol. The van der Waals surface area contributed by atoms with E-state index in [-0.39, 0.29) is 17.9 Å². The highest BCUT2D eigenvalue weighted by atomic mass is 32.2. The summed E-state index contributed by atoms with van der Waals surface area (Å²) >= 11 is 1.17. The van der Waals surface area contributed by atoms with Crippen molar-refractivity contribution in [3.8, 4) is 12.1 Å². The average Bonchev–Trinajstić information content (AvgIpc) is 2.42. The zero-order valence-electron chi connectivity index (χ0n) is 9.74. The predicted octanol–water partition coefficient (Wildman–Crippen LogP) is 2.11. The summed E-state index contributed by atoms with van der Waals surface area (Å²) in [4.78, 5) is 10.8. The zero-order valence-corrected chi connectivity index (χ0v) is 10.6. The number of nitrogens with zero attached hydrogens (tertiary/aromatic N) is 3. The van der Waals surface area contributed by atoms with Gasteiger partial charge in [0.2, 0.25) is 0 Å². The van der Waals surface area contributed by atoms with Gasteiger partial charge in [0, 0.05) is 11.8 Å². The normalized spacial score (nSPS) is 9.21. The Morgan fingerprint density at radius 1 is 1.47 bits per heavy atom. The van der Waals surface area contributed by atoms with E-state index in [1.54, 1.807) is 18.2 Å². The van der Waals surface area contributed by atoms with Gasteiger partial charge in [0.05, 0.1) is 16.4 Å². The maximum absolute atomic E-state index is 10.9. The maximum Gasteiger partial charge on any atom is 0.283 e. The Hall–Kier alpha value is -2.35. The molecule has 0 spiro atoms. The SMILES string of the molecule is N#CC(C#N)=Cc1ccc(SCCO)c([N+](=O)[O-])c1. The number of thioether (sulfide) groups is 1. The number of allylic oxidation sites excluding steroid dienone is 1. The molecule has 0 aliphatic heterocycles. The van der Waals surface area contributed by atoms with Crippen LogP contribution in [0.25, 0.3) is 6.08 Å². The second kappa shape index (κ2) is 7.17. The first kappa shape index (κ1) is 14.7. The molecule has 0 saturated heterocycles. The van der Waals surface area contributed by atoms with Crippen molar-refractivity contribution in [3.05, 3.63) is 39.4 Å². The van der Waals surface area contributed by atoms with E-state index in [4.69, 9.17) is 15.6 Å². The molecular formula is C12H9N3O3S. The topological polar surface area (TPSA) is 111 Å². The first-order valence-corrected chi connectivity index (χ1v) is 6.15. The molecule has 0 amide bonds. The molecule has 1 aromatic rings. The third-order valence-corrected chi connectivity index (χ3v) is 3.12. The largest absolute Gasteiger partial charge is 0.396 e. The molecule has 1 aromatic carbocycles. The Labute approximate surface area is 113 Å². The summed E-state index contributed by atoms with van der Waals surface area (Å²) < 4.78 is 0. The first-order valence-electron chi connectivity index (χ1n) is 5.16. The van der Waals surface area contributed by atoms with Crippen molar-refractivity contribution in [2.24, 2.45) is 0 Å². The van der Waals surface area contributed by atoms with Gasteiger partial charge in [0.15, 0.2) is 0 Å². The quantitative estimate of drug-likeness (QED) is 0.381. The molecule has 1 N–H and O–H groups in total. The van der Waals surface area contributed by atoms with Crippen LogP contribution in [0.1, 0.15) is 5.56 Å². The second-order valence-corrected chi connectivity index (χ2v) is 4.47. The Balaban J connectivity index is 3.17. The van der Waals surface area contributed by atoms with Crippen LogP contribution in [0, 0.1) is 32.8 Å². The van der Waals surface area contributed by atoms with E-state index in [9.17, 15) is 10.1 Å². The third-order valence-electron chi connectivity index (χ3n) is 2.08. The van der Waals surface area contributed by atoms with Gasteiger partial charge in [0.1, 0.15) is 17.7 Å². The highest BCUT2D eigenvalue weighted by molar-refractivity contribution is 7.99. The van der Waals surface area contributed by atoms with Crippen LogP contribution in [-0.4, -0.2) is 22.4 Å². The lowest BCUT2D eigenvalue weighted by molar-refractivity contribution is -0.387. The number of benzene rings is 1. The fourth-order valence-electron chi connectivity index (χ4n) is 1.30. The molecule has 19 heavy (non-hydrogen) atoms. The Morgan fingerprint density at radius 3 is 2.68 bits per heavy atom. The molecule has 0 bridgehead atoms. The molecule has 0 heterocycles. The summed E-state index contributed by atoms with van der Waals surface area (Å²) in [6.07, 6.45) is 1.29. The molecule has 0 saturated carbocycles. The van der Waals surface area contributed by atoms with E-state index in [1.165, 1.54) is 30.0 Å². The standard InChI is InChI=1S/C12H9N3O3S/c13-7-10(8-14)5-9-1-2-12(19-4-3-16)11(6-9)15(17)18/h1-2,5-6,16H,3-4H2. The first-order chi connectivity index (χ1) is 9.12. The molecule has 96 valence electrons. The molecular weight excluding hydrogens is 266 g/mol. The van der Waals surface area contributed by atoms with Crippen molar-refractivity contribution in [2.45, 2.75) is 4.90 Å². The molecule has 0 aliphatic rings. The van der Waals surface area contributed by atoms with Crippen molar-refractivity contribution in [1.29, 1.82) is 10.5 Å². The van der Waals surface area contributed by atoms with Gasteiger partial charge in [-0.2, -0.15) is 10.5 Å². The number of aliphatic hydroxyl groups is 1. The molecule has 1 rings (SSSR count). The van der Waals surface area contributed by atoms with Crippen molar-refractivity contribution in [1.82, 2.24) is 0 Å². The lowest BCUT2D eigenvalue weighted by Gasteiger charge is -2.02. The molecule has 0 radical (unpaired) electrons. The van der Waals surface area contributed by atoms with Crippen LogP contribution in [0.4, 0.5) is 5.69 Å². The molecule has 6 nitrogen and oxygen atoms in total. The van der Waals surface area contributed by atoms with Gasteiger partial charge in [0.25, 0.3) is 5.69 Å². The fraction of sp³-hybridized carbons (Fsp3) is 0.167. The van der Waals surface area contributed by atoms with Crippen LogP contribution >= 0.6 is 11.8 Å². The van der Waals surface area contributed by atoms with Crippen molar-refractivity contribution >= 4 is 23.5 Å². The monoisotopic (exact) mass is 275 g/mol. The molecule has 0 aliphatic carbocycles. The highest BCUT2D eigenvalue weighted by Gasteiger charge is 2.14. The van der Waals surface area contributed by atoms with Gasteiger partial charge in [-0.25, -0.2) is 0 Å². The minimum atomic E-state index is -0.532. The van der Waals surface area contributed by atoms with E-state index < -0.39 is 4.92 Å². The molecule has 7 heteroatoms. The van der Waals surface area contributed by atoms with Gasteiger partial charge in [-0.05, 0) is 17.7 Å². The fourth-order valence-corrected chi connectivity index (χ4v) is 2.06. The highest BCUT2D eigenvalue weighted by Crippen LogP contribution is 2.30. The van der Waals surface area contributed by atoms with Crippen molar-refractivity contribution in [2.75, 3.05) is 12.4 Å². The summed E-state index contributed by atoms with van der Waals surface area (Å²) in [7, 11) is 0. The molecule has 0 atom stereocenters. The van der Waals surface area contributed by atoms with Crippen LogP contribution in [0.5, 0.6) is 0 Å². The Bertz CT molecular complexity index is 583. The van der Waals surface area contributed by atoms with Crippen LogP contribution in [0.2, 0.25) is 0 Å². The van der Waals surface area contributed by atoms with Crippen LogP contribution in [-0.2, 0) is 0 Å². The number of nitriles is 2. The maximum atomic E-state index is 10.9. The van der Waals surface area contributed by atoms with E-state index >= 15 is 0 Å². The minimum Gasteiger partial charge on any atom is -0.396 e. The number of hydrogen-bond acceptors (Lipinski definition) is 6. The van der Waals surface area contributed by atoms with E-state index in [2.05, 4.69) is 0 Å². The van der Waals surface area contributed by atoms with E-state index in [0.29, 0.717) is 16.2 Å². The van der Waals surface area contributed by atoms with Gasteiger partial charge < -0.3 is 5.11 Å². The van der Waals surface area contributed by atoms with Crippen LogP contribution in [0.3, 0.4) is 0 Å². The minimum absolute atomic E-state index is 0.0729. The number of aliphatic hydroxyl groups excluding tert-OH is 1.